The number of amidine groups is 1. The zero-order chi connectivity index (χ0) is 20.3. The molecule has 0 unspecified atom stereocenters. The standard InChI is InChI=1S/C20H25FN4O3/c1-5-25(6-2)18-11-27-12-20(4,24-18)15-9-14(7-8-16(15)21)23-19(26)17-10-28-13(3)22-17/h7-10H,5-6,11-12H2,1-4H3,(H,23,26)/t20-/m0/s1. The number of hydrogen-bond donors (Lipinski definition) is 1. The van der Waals surface area contributed by atoms with E-state index in [2.05, 4.69) is 15.2 Å². The molecule has 1 atom stereocenters. The van der Waals surface area contributed by atoms with Crippen LogP contribution in [0.3, 0.4) is 0 Å². The number of rotatable bonds is 5. The van der Waals surface area contributed by atoms with Crippen molar-refractivity contribution in [2.45, 2.75) is 33.2 Å². The molecule has 8 heteroatoms. The van der Waals surface area contributed by atoms with Crippen molar-refractivity contribution >= 4 is 17.4 Å². The normalized spacial score (nSPS) is 19.2. The van der Waals surface area contributed by atoms with Crippen LogP contribution in [0.4, 0.5) is 10.1 Å². The van der Waals surface area contributed by atoms with Gasteiger partial charge < -0.3 is 19.4 Å². The molecule has 0 fully saturated rings. The predicted octanol–water partition coefficient (Wildman–Crippen LogP) is 3.36. The van der Waals surface area contributed by atoms with Crippen LogP contribution in [0.15, 0.2) is 33.9 Å². The fourth-order valence-corrected chi connectivity index (χ4v) is 3.26. The molecule has 1 amide bonds. The number of carbonyl (C=O) groups is 1. The van der Waals surface area contributed by atoms with Gasteiger partial charge in [0.15, 0.2) is 11.6 Å². The smallest absolute Gasteiger partial charge is 0.277 e. The highest BCUT2D eigenvalue weighted by atomic mass is 19.1. The number of aromatic nitrogens is 1. The Hall–Kier alpha value is -2.74. The van der Waals surface area contributed by atoms with E-state index in [0.29, 0.717) is 23.7 Å². The van der Waals surface area contributed by atoms with Gasteiger partial charge in [-0.05, 0) is 39.0 Å². The third kappa shape index (κ3) is 4.06. The summed E-state index contributed by atoms with van der Waals surface area (Å²) < 4.78 is 25.5. The summed E-state index contributed by atoms with van der Waals surface area (Å²) in [6, 6.07) is 4.43. The van der Waals surface area contributed by atoms with E-state index >= 15 is 0 Å². The average molecular weight is 388 g/mol. The average Bonchev–Trinajstić information content (AvgIpc) is 3.11. The van der Waals surface area contributed by atoms with Gasteiger partial charge in [-0.3, -0.25) is 9.79 Å². The number of anilines is 1. The first-order valence-corrected chi connectivity index (χ1v) is 9.31. The minimum Gasteiger partial charge on any atom is -0.448 e. The van der Waals surface area contributed by atoms with Gasteiger partial charge in [0.05, 0.1) is 6.61 Å². The SMILES string of the molecule is CCN(CC)C1=N[C@](C)(c2cc(NC(=O)c3coc(C)n3)ccc2F)COC1. The molecule has 0 radical (unpaired) electrons. The van der Waals surface area contributed by atoms with Gasteiger partial charge in [-0.25, -0.2) is 9.37 Å². The minimum absolute atomic E-state index is 0.164. The van der Waals surface area contributed by atoms with Crippen LogP contribution < -0.4 is 5.32 Å². The van der Waals surface area contributed by atoms with E-state index in [0.717, 1.165) is 18.9 Å². The Labute approximate surface area is 163 Å². The van der Waals surface area contributed by atoms with Crippen LogP contribution in [-0.2, 0) is 10.3 Å². The van der Waals surface area contributed by atoms with Crippen molar-refractivity contribution < 1.29 is 18.3 Å². The number of aliphatic imine (C=N–C) groups is 1. The summed E-state index contributed by atoms with van der Waals surface area (Å²) in [7, 11) is 0. The van der Waals surface area contributed by atoms with Gasteiger partial charge in [-0.2, -0.15) is 0 Å². The Morgan fingerprint density at radius 1 is 1.36 bits per heavy atom. The summed E-state index contributed by atoms with van der Waals surface area (Å²) in [6.45, 7) is 9.83. The van der Waals surface area contributed by atoms with E-state index in [-0.39, 0.29) is 12.3 Å². The molecule has 3 rings (SSSR count). The molecule has 0 saturated carbocycles. The van der Waals surface area contributed by atoms with Crippen LogP contribution in [0.5, 0.6) is 0 Å². The number of nitrogens with one attached hydrogen (secondary N) is 1. The number of nitrogens with zero attached hydrogens (tertiary/aromatic N) is 3. The molecule has 28 heavy (non-hydrogen) atoms. The maximum Gasteiger partial charge on any atom is 0.277 e. The summed E-state index contributed by atoms with van der Waals surface area (Å²) in [6.07, 6.45) is 1.28. The van der Waals surface area contributed by atoms with Crippen LogP contribution in [0.2, 0.25) is 0 Å². The third-order valence-electron chi connectivity index (χ3n) is 4.77. The van der Waals surface area contributed by atoms with Crippen molar-refractivity contribution in [2.75, 3.05) is 31.6 Å². The molecular weight excluding hydrogens is 363 g/mol. The lowest BCUT2D eigenvalue weighted by molar-refractivity contribution is 0.0955. The van der Waals surface area contributed by atoms with Gasteiger partial charge in [-0.1, -0.05) is 0 Å². The summed E-state index contributed by atoms with van der Waals surface area (Å²) in [5.41, 5.74) is 0.0997. The quantitative estimate of drug-likeness (QED) is 0.850. The van der Waals surface area contributed by atoms with Gasteiger partial charge in [0.1, 0.15) is 30.1 Å². The fourth-order valence-electron chi connectivity index (χ4n) is 3.26. The molecular formula is C20H25FN4O3. The third-order valence-corrected chi connectivity index (χ3v) is 4.77. The summed E-state index contributed by atoms with van der Waals surface area (Å²) >= 11 is 0. The van der Waals surface area contributed by atoms with E-state index in [4.69, 9.17) is 14.1 Å². The summed E-state index contributed by atoms with van der Waals surface area (Å²) in [5.74, 6) is 0.374. The highest BCUT2D eigenvalue weighted by Crippen LogP contribution is 2.33. The lowest BCUT2D eigenvalue weighted by Crippen LogP contribution is -2.43. The van der Waals surface area contributed by atoms with Crippen molar-refractivity contribution in [1.82, 2.24) is 9.88 Å². The van der Waals surface area contributed by atoms with Crippen LogP contribution in [0.1, 0.15) is 42.7 Å². The first-order valence-electron chi connectivity index (χ1n) is 9.31. The van der Waals surface area contributed by atoms with E-state index in [1.807, 2.05) is 20.8 Å². The van der Waals surface area contributed by atoms with E-state index < -0.39 is 17.3 Å². The number of likely N-dealkylation sites (N-methyl/N-ethyl adjacent to an activating group) is 1. The molecule has 0 saturated heterocycles. The van der Waals surface area contributed by atoms with Crippen molar-refractivity contribution in [3.05, 3.63) is 47.4 Å². The highest BCUT2D eigenvalue weighted by Gasteiger charge is 2.34. The van der Waals surface area contributed by atoms with E-state index in [1.165, 1.54) is 18.4 Å². The Bertz CT molecular complexity index is 891. The molecule has 0 bridgehead atoms. The van der Waals surface area contributed by atoms with E-state index in [9.17, 15) is 9.18 Å². The maximum absolute atomic E-state index is 14.7. The van der Waals surface area contributed by atoms with Gasteiger partial charge in [0, 0.05) is 31.3 Å². The second-order valence-corrected chi connectivity index (χ2v) is 6.87. The lowest BCUT2D eigenvalue weighted by Gasteiger charge is -2.35. The first-order chi connectivity index (χ1) is 13.4. The molecule has 1 aliphatic rings. The first kappa shape index (κ1) is 20.0. The number of hydrogen-bond acceptors (Lipinski definition) is 6. The monoisotopic (exact) mass is 388 g/mol. The fraction of sp³-hybridized carbons (Fsp3) is 0.450. The molecule has 0 spiro atoms. The molecule has 1 N–H and O–H groups in total. The molecule has 1 aromatic heterocycles. The Morgan fingerprint density at radius 2 is 2.11 bits per heavy atom. The molecule has 1 aromatic carbocycles. The highest BCUT2D eigenvalue weighted by molar-refractivity contribution is 6.02. The zero-order valence-corrected chi connectivity index (χ0v) is 16.6. The number of amides is 1. The summed E-state index contributed by atoms with van der Waals surface area (Å²) in [5, 5.41) is 2.72. The van der Waals surface area contributed by atoms with Crippen molar-refractivity contribution in [2.24, 2.45) is 4.99 Å². The Morgan fingerprint density at radius 3 is 2.75 bits per heavy atom. The number of aryl methyl sites for hydroxylation is 1. The number of ether oxygens (including phenoxy) is 1. The molecule has 0 aliphatic carbocycles. The molecule has 7 nitrogen and oxygen atoms in total. The zero-order valence-electron chi connectivity index (χ0n) is 16.6. The number of carbonyl (C=O) groups excluding carboxylic acids is 1. The molecule has 1 aliphatic heterocycles. The van der Waals surface area contributed by atoms with E-state index in [1.54, 1.807) is 13.0 Å². The lowest BCUT2D eigenvalue weighted by atomic mass is 9.91. The molecule has 150 valence electrons. The van der Waals surface area contributed by atoms with Gasteiger partial charge in [0.2, 0.25) is 0 Å². The second-order valence-electron chi connectivity index (χ2n) is 6.87. The van der Waals surface area contributed by atoms with Crippen LogP contribution >= 0.6 is 0 Å². The van der Waals surface area contributed by atoms with Gasteiger partial charge >= 0.3 is 0 Å². The topological polar surface area (TPSA) is 80.0 Å². The van der Waals surface area contributed by atoms with Crippen molar-refractivity contribution in [3.8, 4) is 0 Å². The number of oxazole rings is 1. The molecule has 2 aromatic rings. The minimum atomic E-state index is -0.883. The maximum atomic E-state index is 14.7. The number of halogens is 1. The van der Waals surface area contributed by atoms with Crippen LogP contribution in [0.25, 0.3) is 0 Å². The Kier molecular flexibility index (Phi) is 5.79. The molecule has 2 heterocycles. The largest absolute Gasteiger partial charge is 0.448 e. The predicted molar refractivity (Wildman–Crippen MR) is 104 cm³/mol. The van der Waals surface area contributed by atoms with Crippen molar-refractivity contribution in [1.29, 1.82) is 0 Å². The van der Waals surface area contributed by atoms with Crippen molar-refractivity contribution in [3.63, 3.8) is 0 Å². The second kappa shape index (κ2) is 8.10. The number of benzene rings is 1. The summed E-state index contributed by atoms with van der Waals surface area (Å²) in [4.78, 5) is 23.2. The van der Waals surface area contributed by atoms with Gasteiger partial charge in [-0.15, -0.1) is 0 Å². The van der Waals surface area contributed by atoms with Crippen LogP contribution in [-0.4, -0.2) is 47.9 Å². The van der Waals surface area contributed by atoms with Crippen LogP contribution in [0, 0.1) is 12.7 Å². The van der Waals surface area contributed by atoms with Gasteiger partial charge in [0.25, 0.3) is 5.91 Å². The Balaban J connectivity index is 1.90.